The van der Waals surface area contributed by atoms with Gasteiger partial charge in [0.2, 0.25) is 0 Å². The van der Waals surface area contributed by atoms with E-state index in [1.54, 1.807) is 14.2 Å². The van der Waals surface area contributed by atoms with Gasteiger partial charge in [-0.2, -0.15) is 0 Å². The molecular formula is C44H66O6. The van der Waals surface area contributed by atoms with E-state index in [4.69, 9.17) is 31.8 Å². The summed E-state index contributed by atoms with van der Waals surface area (Å²) in [7, 11) is 3.22. The van der Waals surface area contributed by atoms with Gasteiger partial charge in [0.05, 0.1) is 27.4 Å². The van der Waals surface area contributed by atoms with Crippen LogP contribution in [0, 0.1) is 35.5 Å². The predicted octanol–water partition coefficient (Wildman–Crippen LogP) is 10.1. The fourth-order valence-electron chi connectivity index (χ4n) is 7.88. The highest BCUT2D eigenvalue weighted by molar-refractivity contribution is 5.86. The van der Waals surface area contributed by atoms with Crippen molar-refractivity contribution in [3.8, 4) is 36.2 Å². The van der Waals surface area contributed by atoms with E-state index in [0.717, 1.165) is 60.8 Å². The van der Waals surface area contributed by atoms with Crippen LogP contribution in [0.15, 0.2) is 0 Å². The number of fused-ring (bicyclic) bond motifs is 2. The van der Waals surface area contributed by atoms with E-state index in [2.05, 4.69) is 25.7 Å². The van der Waals surface area contributed by atoms with Gasteiger partial charge in [-0.1, -0.05) is 141 Å². The first-order chi connectivity index (χ1) is 24.4. The molecule has 2 aliphatic rings. The summed E-state index contributed by atoms with van der Waals surface area (Å²) in [4.78, 5) is 27.1. The minimum Gasteiger partial charge on any atom is -0.496 e. The van der Waals surface area contributed by atoms with Crippen molar-refractivity contribution in [1.29, 1.82) is 0 Å². The third-order valence-corrected chi connectivity index (χ3v) is 10.9. The largest absolute Gasteiger partial charge is 0.496 e. The first-order valence-electron chi connectivity index (χ1n) is 19.9. The van der Waals surface area contributed by atoms with E-state index in [1.807, 2.05) is 0 Å². The number of ether oxygens (including phenoxy) is 4. The summed E-state index contributed by atoms with van der Waals surface area (Å²) in [5.41, 5.74) is 1.08. The summed E-state index contributed by atoms with van der Waals surface area (Å²) in [6.07, 6.45) is 37.6. The van der Waals surface area contributed by atoms with Crippen LogP contribution in [0.3, 0.4) is 0 Å². The average Bonchev–Trinajstić information content (AvgIpc) is 3.72. The molecule has 278 valence electrons. The lowest BCUT2D eigenvalue weighted by Crippen LogP contribution is -2.33. The number of benzene rings is 1. The second-order valence-corrected chi connectivity index (χ2v) is 14.8. The fraction of sp³-hybridized carbons (Fsp3) is 0.727. The molecule has 1 aromatic rings. The van der Waals surface area contributed by atoms with E-state index < -0.39 is 10.8 Å². The highest BCUT2D eigenvalue weighted by Gasteiger charge is 2.52. The first-order valence-corrected chi connectivity index (χ1v) is 19.9. The van der Waals surface area contributed by atoms with E-state index in [-0.39, 0.29) is 37.6 Å². The summed E-state index contributed by atoms with van der Waals surface area (Å²) < 4.78 is 23.6. The van der Waals surface area contributed by atoms with Crippen LogP contribution in [-0.4, -0.2) is 39.4 Å². The molecule has 0 aliphatic heterocycles. The van der Waals surface area contributed by atoms with Gasteiger partial charge >= 0.3 is 11.9 Å². The van der Waals surface area contributed by atoms with Gasteiger partial charge in [0, 0.05) is 47.9 Å². The van der Waals surface area contributed by atoms with Crippen molar-refractivity contribution in [2.45, 2.75) is 168 Å². The predicted molar refractivity (Wildman–Crippen MR) is 202 cm³/mol. The van der Waals surface area contributed by atoms with Gasteiger partial charge in [-0.05, 0) is 12.8 Å². The van der Waals surface area contributed by atoms with Crippen LogP contribution in [0.25, 0.3) is 0 Å². The molecule has 0 radical (unpaired) electrons. The molecule has 50 heavy (non-hydrogen) atoms. The van der Waals surface area contributed by atoms with Crippen molar-refractivity contribution >= 4 is 11.9 Å². The monoisotopic (exact) mass is 690 g/mol. The maximum absolute atomic E-state index is 13.5. The van der Waals surface area contributed by atoms with Crippen molar-refractivity contribution in [3.63, 3.8) is 0 Å². The molecule has 0 spiro atoms. The number of terminal acetylenes is 2. The highest BCUT2D eigenvalue weighted by Crippen LogP contribution is 2.54. The molecule has 0 saturated heterocycles. The van der Waals surface area contributed by atoms with Crippen LogP contribution < -0.4 is 9.47 Å². The Labute approximate surface area is 304 Å². The van der Waals surface area contributed by atoms with Crippen LogP contribution in [0.5, 0.6) is 11.5 Å². The number of esters is 2. The summed E-state index contributed by atoms with van der Waals surface area (Å²) >= 11 is 0. The molecule has 6 nitrogen and oxygen atoms in total. The van der Waals surface area contributed by atoms with Gasteiger partial charge in [0.1, 0.15) is 22.3 Å². The Morgan fingerprint density at radius 2 is 0.760 bits per heavy atom. The number of methoxy groups -OCH3 is 2. The van der Waals surface area contributed by atoms with Crippen molar-refractivity contribution < 1.29 is 28.5 Å². The van der Waals surface area contributed by atoms with Crippen LogP contribution in [0.4, 0.5) is 0 Å². The Hall–Kier alpha value is -3.12. The third-order valence-electron chi connectivity index (χ3n) is 10.9. The Kier molecular flexibility index (Phi) is 18.1. The Balaban J connectivity index is 1.55. The molecule has 0 atom stereocenters. The molecule has 0 unspecified atom stereocenters. The summed E-state index contributed by atoms with van der Waals surface area (Å²) in [5, 5.41) is 0. The van der Waals surface area contributed by atoms with E-state index in [1.165, 1.54) is 89.9 Å². The van der Waals surface area contributed by atoms with Gasteiger partial charge in [0.25, 0.3) is 0 Å². The van der Waals surface area contributed by atoms with Gasteiger partial charge in [0.15, 0.2) is 0 Å². The van der Waals surface area contributed by atoms with Crippen LogP contribution >= 0.6 is 0 Å². The van der Waals surface area contributed by atoms with Crippen molar-refractivity contribution in [1.82, 2.24) is 0 Å². The molecular weight excluding hydrogens is 624 g/mol. The van der Waals surface area contributed by atoms with E-state index in [9.17, 15) is 9.59 Å². The van der Waals surface area contributed by atoms with Gasteiger partial charge in [-0.25, -0.2) is 0 Å². The minimum atomic E-state index is -1.13. The zero-order valence-corrected chi connectivity index (χ0v) is 32.0. The lowest BCUT2D eigenvalue weighted by molar-refractivity contribution is -0.152. The smallest absolute Gasteiger partial charge is 0.324 e. The summed E-state index contributed by atoms with van der Waals surface area (Å²) in [6.45, 7) is 5.22. The van der Waals surface area contributed by atoms with Crippen molar-refractivity contribution in [2.75, 3.05) is 27.4 Å². The van der Waals surface area contributed by atoms with Crippen LogP contribution in [-0.2, 0) is 44.7 Å². The van der Waals surface area contributed by atoms with Crippen LogP contribution in [0.2, 0.25) is 0 Å². The maximum Gasteiger partial charge on any atom is 0.324 e. The lowest BCUT2D eigenvalue weighted by Gasteiger charge is -2.21. The number of hydrogen-bond donors (Lipinski definition) is 0. The number of rotatable bonds is 26. The van der Waals surface area contributed by atoms with Crippen molar-refractivity contribution in [3.05, 3.63) is 22.3 Å². The van der Waals surface area contributed by atoms with Crippen LogP contribution in [0.1, 0.15) is 165 Å². The molecule has 0 amide bonds. The normalized spacial score (nSPS) is 15.1. The molecule has 0 bridgehead atoms. The summed E-state index contributed by atoms with van der Waals surface area (Å²) in [5.74, 6) is 6.13. The van der Waals surface area contributed by atoms with Gasteiger partial charge in [-0.3, -0.25) is 9.59 Å². The molecule has 1 aromatic carbocycles. The van der Waals surface area contributed by atoms with Gasteiger partial charge in [-0.15, -0.1) is 12.8 Å². The zero-order valence-electron chi connectivity index (χ0n) is 32.0. The van der Waals surface area contributed by atoms with Crippen molar-refractivity contribution in [2.24, 2.45) is 10.8 Å². The van der Waals surface area contributed by atoms with E-state index >= 15 is 0 Å². The molecule has 0 heterocycles. The molecule has 0 aromatic heterocycles. The molecule has 2 aliphatic carbocycles. The Morgan fingerprint density at radius 3 is 1.00 bits per heavy atom. The highest BCUT2D eigenvalue weighted by atomic mass is 16.5. The average molecular weight is 691 g/mol. The minimum absolute atomic E-state index is 0.286. The summed E-state index contributed by atoms with van der Waals surface area (Å²) in [6, 6.07) is 0. The number of carbonyl (C=O) groups is 2. The quantitative estimate of drug-likeness (QED) is 0.0548. The maximum atomic E-state index is 13.5. The topological polar surface area (TPSA) is 71.1 Å². The first kappa shape index (κ1) is 41.3. The molecule has 0 fully saturated rings. The number of unbranched alkanes of at least 4 members (excludes halogenated alkanes) is 18. The molecule has 0 N–H and O–H groups in total. The standard InChI is InChI=1S/C44H66O6/c1-7-11-13-15-17-19-21-23-25-27-29-49-41(45)43(9-3)31-35-36(32-43)40(48-6)38-34-44(10-4,33-37(38)39(35)47-5)42(46)50-30-28-26-24-22-20-18-16-14-12-8-2/h3-4H,7-8,11-34H2,1-2,5-6H3. The van der Waals surface area contributed by atoms with Gasteiger partial charge < -0.3 is 18.9 Å². The SMILES string of the molecule is C#CC1(C(=O)OCCCCCCCCCCCC)Cc2c(c(OC)c3c(c2OC)CC(C#C)(C(=O)OCCCCCCCCCCCC)C3)C1. The second-order valence-electron chi connectivity index (χ2n) is 14.8. The Bertz CT molecular complexity index is 1160. The second kappa shape index (κ2) is 22.0. The lowest BCUT2D eigenvalue weighted by atomic mass is 9.84. The molecule has 6 heteroatoms. The third kappa shape index (κ3) is 10.9. The molecule has 0 saturated carbocycles. The Morgan fingerprint density at radius 1 is 0.500 bits per heavy atom. The number of carbonyl (C=O) groups excluding carboxylic acids is 2. The number of hydrogen-bond acceptors (Lipinski definition) is 6. The van der Waals surface area contributed by atoms with E-state index in [0.29, 0.717) is 24.7 Å². The molecule has 3 rings (SSSR count). The fourth-order valence-corrected chi connectivity index (χ4v) is 7.88. The zero-order chi connectivity index (χ0) is 36.2.